The summed E-state index contributed by atoms with van der Waals surface area (Å²) in [7, 11) is -0.844. The van der Waals surface area contributed by atoms with Crippen LogP contribution in [0.25, 0.3) is 0 Å². The number of benzene rings is 2. The van der Waals surface area contributed by atoms with Crippen LogP contribution in [0.4, 0.5) is 0 Å². The third-order valence-electron chi connectivity index (χ3n) is 3.21. The van der Waals surface area contributed by atoms with Crippen molar-refractivity contribution in [1.29, 1.82) is 0 Å². The lowest BCUT2D eigenvalue weighted by atomic mass is 10.0. The van der Waals surface area contributed by atoms with Gasteiger partial charge in [0.05, 0.1) is 13.2 Å². The monoisotopic (exact) mass is 346 g/mol. The second-order valence-electron chi connectivity index (χ2n) is 4.80. The molecule has 0 aromatic heterocycles. The van der Waals surface area contributed by atoms with Gasteiger partial charge in [0, 0.05) is 17.3 Å². The molecule has 0 unspecified atom stereocenters. The third-order valence-corrected chi connectivity index (χ3v) is 4.92. The van der Waals surface area contributed by atoms with Gasteiger partial charge in [-0.25, -0.2) is 0 Å². The molecule has 4 heteroatoms. The van der Waals surface area contributed by atoms with Gasteiger partial charge in [0.25, 0.3) is 0 Å². The van der Waals surface area contributed by atoms with Gasteiger partial charge in [0.15, 0.2) is 8.38 Å². The second kappa shape index (κ2) is 11.9. The summed E-state index contributed by atoms with van der Waals surface area (Å²) in [5.41, 5.74) is 4.08. The van der Waals surface area contributed by atoms with Crippen LogP contribution in [-0.4, -0.2) is 18.9 Å². The molecule has 0 atom stereocenters. The maximum atomic E-state index is 6.23. The molecule has 2 aromatic rings. The van der Waals surface area contributed by atoms with Gasteiger partial charge in [-0.05, 0) is 43.7 Å². The van der Waals surface area contributed by atoms with Gasteiger partial charge >= 0.3 is 0 Å². The molecule has 3 nitrogen and oxygen atoms in total. The van der Waals surface area contributed by atoms with Crippen molar-refractivity contribution in [1.82, 2.24) is 0 Å². The molecule has 0 amide bonds. The number of hydrogen-bond acceptors (Lipinski definition) is 2. The zero-order valence-corrected chi connectivity index (χ0v) is 16.1. The molecule has 24 heavy (non-hydrogen) atoms. The van der Waals surface area contributed by atoms with E-state index in [0.717, 1.165) is 23.0 Å². The van der Waals surface area contributed by atoms with Crippen molar-refractivity contribution >= 4 is 14.1 Å². The highest BCUT2D eigenvalue weighted by atomic mass is 31.2. The van der Waals surface area contributed by atoms with E-state index >= 15 is 0 Å². The highest BCUT2D eigenvalue weighted by molar-refractivity contribution is 7.46. The largest absolute Gasteiger partial charge is 0.334 e. The maximum Gasteiger partial charge on any atom is 0.211 e. The van der Waals surface area contributed by atoms with E-state index in [1.165, 1.54) is 5.56 Å². The third kappa shape index (κ3) is 6.52. The van der Waals surface area contributed by atoms with Crippen LogP contribution in [-0.2, 0) is 15.2 Å². The molecule has 0 heterocycles. The van der Waals surface area contributed by atoms with Crippen molar-refractivity contribution in [3.63, 3.8) is 0 Å². The zero-order chi connectivity index (χ0) is 17.8. The number of hydrogen-bond donors (Lipinski definition) is 1. The van der Waals surface area contributed by atoms with E-state index in [2.05, 4.69) is 24.3 Å². The molecular formula is C20H29NO2P+. The van der Waals surface area contributed by atoms with Gasteiger partial charge in [0.2, 0.25) is 5.71 Å². The van der Waals surface area contributed by atoms with Crippen molar-refractivity contribution in [3.8, 4) is 0 Å². The van der Waals surface area contributed by atoms with Crippen molar-refractivity contribution in [3.05, 3.63) is 71.3 Å². The van der Waals surface area contributed by atoms with Crippen LogP contribution in [0, 0.1) is 0 Å². The summed E-state index contributed by atoms with van der Waals surface area (Å²) >= 11 is 0. The molecular weight excluding hydrogens is 317 g/mol. The lowest BCUT2D eigenvalue weighted by Gasteiger charge is -2.15. The first-order valence-electron chi connectivity index (χ1n) is 8.55. The topological polar surface area (TPSA) is 44.0 Å². The van der Waals surface area contributed by atoms with Crippen LogP contribution in [0.2, 0.25) is 0 Å². The smallest absolute Gasteiger partial charge is 0.211 e. The normalized spacial score (nSPS) is 10.2. The second-order valence-corrected chi connectivity index (χ2v) is 6.30. The quantitative estimate of drug-likeness (QED) is 0.575. The zero-order valence-electron chi connectivity index (χ0n) is 15.2. The Morgan fingerprint density at radius 1 is 0.833 bits per heavy atom. The summed E-state index contributed by atoms with van der Waals surface area (Å²) in [6, 6.07) is 18.3. The van der Waals surface area contributed by atoms with Crippen LogP contribution < -0.4 is 5.41 Å². The summed E-state index contributed by atoms with van der Waals surface area (Å²) in [6.45, 7) is 9.34. The molecule has 0 spiro atoms. The van der Waals surface area contributed by atoms with E-state index in [4.69, 9.17) is 14.5 Å². The van der Waals surface area contributed by atoms with Crippen molar-refractivity contribution in [2.75, 3.05) is 13.2 Å². The molecule has 0 aliphatic heterocycles. The first-order chi connectivity index (χ1) is 11.7. The van der Waals surface area contributed by atoms with E-state index in [9.17, 15) is 0 Å². The molecule has 0 radical (unpaired) electrons. The summed E-state index contributed by atoms with van der Waals surface area (Å²) in [6.07, 6.45) is 0.808. The van der Waals surface area contributed by atoms with E-state index < -0.39 is 8.38 Å². The predicted octanol–water partition coefficient (Wildman–Crippen LogP) is 4.19. The first-order valence-corrected chi connectivity index (χ1v) is 9.91. The molecule has 0 aliphatic carbocycles. The molecule has 0 aliphatic rings. The molecule has 0 fully saturated rings. The SMILES string of the molecule is CC.CCOP(Cc1ccc(C(=[NH2+])c2ccccc2)cc1)OCC. The van der Waals surface area contributed by atoms with Gasteiger partial charge < -0.3 is 9.05 Å². The minimum absolute atomic E-state index is 0.679. The van der Waals surface area contributed by atoms with Gasteiger partial charge in [-0.15, -0.1) is 0 Å². The number of nitrogens with two attached hydrogens (primary N) is 1. The minimum atomic E-state index is -0.844. The Labute approximate surface area is 147 Å². The Bertz CT molecular complexity index is 578. The lowest BCUT2D eigenvalue weighted by molar-refractivity contribution is -0.111. The Morgan fingerprint density at radius 2 is 1.33 bits per heavy atom. The lowest BCUT2D eigenvalue weighted by Crippen LogP contribution is -2.40. The molecule has 2 rings (SSSR count). The molecule has 0 saturated carbocycles. The fourth-order valence-corrected chi connectivity index (χ4v) is 3.48. The van der Waals surface area contributed by atoms with Gasteiger partial charge in [0.1, 0.15) is 0 Å². The van der Waals surface area contributed by atoms with Gasteiger partial charge in [-0.2, -0.15) is 0 Å². The minimum Gasteiger partial charge on any atom is -0.334 e. The van der Waals surface area contributed by atoms with Crippen LogP contribution in [0.15, 0.2) is 54.6 Å². The average Bonchev–Trinajstić information content (AvgIpc) is 2.64. The van der Waals surface area contributed by atoms with E-state index in [1.54, 1.807) is 0 Å². The Kier molecular flexibility index (Phi) is 10.2. The van der Waals surface area contributed by atoms with Crippen molar-refractivity contribution < 1.29 is 14.5 Å². The van der Waals surface area contributed by atoms with Crippen LogP contribution in [0.1, 0.15) is 44.4 Å². The van der Waals surface area contributed by atoms with Gasteiger partial charge in [-0.1, -0.05) is 44.2 Å². The van der Waals surface area contributed by atoms with Crippen LogP contribution in [0.5, 0.6) is 0 Å². The predicted molar refractivity (Wildman–Crippen MR) is 103 cm³/mol. The molecule has 2 N–H and O–H groups in total. The average molecular weight is 346 g/mol. The summed E-state index contributed by atoms with van der Waals surface area (Å²) in [5.74, 6) is 0. The standard InChI is InChI=1S/C18H22NO2P.C2H6/c1-3-20-22(21-4-2)14-15-10-12-17(13-11-15)18(19)16-8-6-5-7-9-16;1-2/h5-13,19H,3-4,14H2,1-2H3;1-2H3/p+1. The Balaban J connectivity index is 0.00000139. The fourth-order valence-electron chi connectivity index (χ4n) is 2.14. The van der Waals surface area contributed by atoms with Crippen LogP contribution in [0.3, 0.4) is 0 Å². The summed E-state index contributed by atoms with van der Waals surface area (Å²) < 4.78 is 11.3. The van der Waals surface area contributed by atoms with Crippen LogP contribution >= 0.6 is 8.38 Å². The maximum absolute atomic E-state index is 6.23. The fraction of sp³-hybridized carbons (Fsp3) is 0.350. The molecule has 2 aromatic carbocycles. The summed E-state index contributed by atoms with van der Waals surface area (Å²) in [4.78, 5) is 0. The van der Waals surface area contributed by atoms with E-state index in [-0.39, 0.29) is 0 Å². The molecule has 0 saturated heterocycles. The molecule has 0 bridgehead atoms. The Morgan fingerprint density at radius 3 is 1.83 bits per heavy atom. The number of rotatable bonds is 8. The highest BCUT2D eigenvalue weighted by Gasteiger charge is 2.12. The Hall–Kier alpha value is -1.54. The highest BCUT2D eigenvalue weighted by Crippen LogP contribution is 2.41. The van der Waals surface area contributed by atoms with Crippen molar-refractivity contribution in [2.45, 2.75) is 33.9 Å². The van der Waals surface area contributed by atoms with Gasteiger partial charge in [-0.3, -0.25) is 5.41 Å². The van der Waals surface area contributed by atoms with E-state index in [1.807, 2.05) is 58.0 Å². The van der Waals surface area contributed by atoms with E-state index in [0.29, 0.717) is 13.2 Å². The summed E-state index contributed by atoms with van der Waals surface area (Å²) in [5, 5.41) is 6.23. The first kappa shape index (κ1) is 20.5. The van der Waals surface area contributed by atoms with Crippen molar-refractivity contribution in [2.24, 2.45) is 0 Å². The molecule has 130 valence electrons.